The third kappa shape index (κ3) is 4.44. The third-order valence-corrected chi connectivity index (χ3v) is 5.26. The number of nitrogens with one attached hydrogen (secondary N) is 2. The molecule has 1 amide bonds. The van der Waals surface area contributed by atoms with Crippen molar-refractivity contribution in [3.05, 3.63) is 27.9 Å². The van der Waals surface area contributed by atoms with Crippen molar-refractivity contribution in [2.24, 2.45) is 5.92 Å². The summed E-state index contributed by atoms with van der Waals surface area (Å²) in [7, 11) is 0. The van der Waals surface area contributed by atoms with E-state index in [1.165, 1.54) is 31.7 Å². The highest BCUT2D eigenvalue weighted by Crippen LogP contribution is 2.27. The number of amides is 1. The number of aromatic nitrogens is 2. The minimum absolute atomic E-state index is 0.105. The Balaban J connectivity index is 1.46. The molecule has 2 N–H and O–H groups in total. The molecule has 2 heterocycles. The molecular weight excluding hydrogens is 304 g/mol. The summed E-state index contributed by atoms with van der Waals surface area (Å²) in [4.78, 5) is 33.3. The molecule has 2 fully saturated rings. The standard InChI is InChI=1S/C18H28N4O2/c1-13-20-15(11-17(23)21-13)8-9-19-18(24)14-5-4-10-22(12-14)16-6-2-3-7-16/h11,14,16H,2-10,12H2,1H3,(H,19,24)(H,20,21,23)/t14-/m0/s1. The third-order valence-electron chi connectivity index (χ3n) is 5.26. The molecule has 6 nitrogen and oxygen atoms in total. The predicted molar refractivity (Wildman–Crippen MR) is 92.9 cm³/mol. The molecule has 1 aromatic heterocycles. The number of hydrogen-bond donors (Lipinski definition) is 2. The van der Waals surface area contributed by atoms with Crippen LogP contribution < -0.4 is 10.9 Å². The topological polar surface area (TPSA) is 78.1 Å². The first kappa shape index (κ1) is 17.1. The number of aryl methyl sites for hydroxylation is 1. The number of carbonyl (C=O) groups excluding carboxylic acids is 1. The van der Waals surface area contributed by atoms with Crippen LogP contribution in [0.2, 0.25) is 0 Å². The highest BCUT2D eigenvalue weighted by Gasteiger charge is 2.30. The summed E-state index contributed by atoms with van der Waals surface area (Å²) in [5.41, 5.74) is 0.594. The number of H-pyrrole nitrogens is 1. The molecule has 0 radical (unpaired) electrons. The van der Waals surface area contributed by atoms with Crippen LogP contribution in [0.5, 0.6) is 0 Å². The Kier molecular flexibility index (Phi) is 5.66. The summed E-state index contributed by atoms with van der Waals surface area (Å²) < 4.78 is 0. The molecule has 0 aromatic carbocycles. The Bertz CT molecular complexity index is 622. The number of piperidine rings is 1. The van der Waals surface area contributed by atoms with E-state index in [-0.39, 0.29) is 17.4 Å². The molecule has 0 bridgehead atoms. The summed E-state index contributed by atoms with van der Waals surface area (Å²) in [6.07, 6.45) is 7.95. The maximum absolute atomic E-state index is 12.5. The minimum Gasteiger partial charge on any atom is -0.355 e. The van der Waals surface area contributed by atoms with Gasteiger partial charge in [-0.3, -0.25) is 14.5 Å². The van der Waals surface area contributed by atoms with Crippen molar-refractivity contribution in [3.63, 3.8) is 0 Å². The highest BCUT2D eigenvalue weighted by molar-refractivity contribution is 5.78. The zero-order valence-corrected chi connectivity index (χ0v) is 14.5. The molecule has 1 aromatic rings. The maximum atomic E-state index is 12.5. The molecule has 1 aliphatic heterocycles. The van der Waals surface area contributed by atoms with Gasteiger partial charge >= 0.3 is 0 Å². The second-order valence-corrected chi connectivity index (χ2v) is 7.14. The Morgan fingerprint density at radius 1 is 1.33 bits per heavy atom. The van der Waals surface area contributed by atoms with Crippen LogP contribution >= 0.6 is 0 Å². The molecule has 6 heteroatoms. The average Bonchev–Trinajstić information content (AvgIpc) is 3.08. The predicted octanol–water partition coefficient (Wildman–Crippen LogP) is 1.39. The van der Waals surface area contributed by atoms with Crippen LogP contribution in [0.1, 0.15) is 50.0 Å². The van der Waals surface area contributed by atoms with E-state index in [4.69, 9.17) is 0 Å². The van der Waals surface area contributed by atoms with Crippen molar-refractivity contribution in [3.8, 4) is 0 Å². The minimum atomic E-state index is -0.136. The molecule has 24 heavy (non-hydrogen) atoms. The lowest BCUT2D eigenvalue weighted by molar-refractivity contribution is -0.127. The van der Waals surface area contributed by atoms with E-state index in [1.54, 1.807) is 6.92 Å². The van der Waals surface area contributed by atoms with Gasteiger partial charge in [-0.2, -0.15) is 0 Å². The van der Waals surface area contributed by atoms with Crippen LogP contribution in [-0.4, -0.2) is 46.5 Å². The SMILES string of the molecule is Cc1nc(CCNC(=O)[C@H]2CCCN(C3CCCC3)C2)cc(=O)[nH]1. The van der Waals surface area contributed by atoms with Gasteiger partial charge in [0.05, 0.1) is 5.92 Å². The van der Waals surface area contributed by atoms with E-state index in [9.17, 15) is 9.59 Å². The first-order chi connectivity index (χ1) is 11.6. The summed E-state index contributed by atoms with van der Waals surface area (Å²) in [6, 6.07) is 2.20. The van der Waals surface area contributed by atoms with E-state index >= 15 is 0 Å². The van der Waals surface area contributed by atoms with E-state index in [0.717, 1.165) is 31.6 Å². The fourth-order valence-electron chi connectivity index (χ4n) is 4.05. The van der Waals surface area contributed by atoms with Crippen molar-refractivity contribution in [2.45, 2.75) is 57.9 Å². The summed E-state index contributed by atoms with van der Waals surface area (Å²) in [6.45, 7) is 4.35. The van der Waals surface area contributed by atoms with Gasteiger partial charge in [-0.25, -0.2) is 4.98 Å². The van der Waals surface area contributed by atoms with E-state index < -0.39 is 0 Å². The molecule has 1 saturated carbocycles. The smallest absolute Gasteiger partial charge is 0.251 e. The van der Waals surface area contributed by atoms with Crippen LogP contribution in [0.4, 0.5) is 0 Å². The van der Waals surface area contributed by atoms with Gasteiger partial charge in [0.25, 0.3) is 5.56 Å². The van der Waals surface area contributed by atoms with Gasteiger partial charge < -0.3 is 10.3 Å². The van der Waals surface area contributed by atoms with Gasteiger partial charge in [-0.05, 0) is 39.2 Å². The quantitative estimate of drug-likeness (QED) is 0.854. The Hall–Kier alpha value is -1.69. The summed E-state index contributed by atoms with van der Waals surface area (Å²) >= 11 is 0. The second kappa shape index (κ2) is 7.92. The lowest BCUT2D eigenvalue weighted by atomic mass is 9.95. The zero-order chi connectivity index (χ0) is 16.9. The number of likely N-dealkylation sites (tertiary alicyclic amines) is 1. The van der Waals surface area contributed by atoms with Gasteiger partial charge in [-0.15, -0.1) is 0 Å². The first-order valence-corrected chi connectivity index (χ1v) is 9.20. The molecule has 2 aliphatic rings. The van der Waals surface area contributed by atoms with E-state index in [2.05, 4.69) is 20.2 Å². The molecule has 1 atom stereocenters. The lowest BCUT2D eigenvalue weighted by Crippen LogP contribution is -2.46. The molecular formula is C18H28N4O2. The van der Waals surface area contributed by atoms with Crippen molar-refractivity contribution < 1.29 is 4.79 Å². The maximum Gasteiger partial charge on any atom is 0.251 e. The van der Waals surface area contributed by atoms with Crippen LogP contribution in [0, 0.1) is 12.8 Å². The van der Waals surface area contributed by atoms with E-state index in [1.807, 2.05) is 0 Å². The fourth-order valence-corrected chi connectivity index (χ4v) is 4.05. The highest BCUT2D eigenvalue weighted by atomic mass is 16.2. The molecule has 0 unspecified atom stereocenters. The Morgan fingerprint density at radius 3 is 2.88 bits per heavy atom. The van der Waals surface area contributed by atoms with Crippen LogP contribution in [-0.2, 0) is 11.2 Å². The van der Waals surface area contributed by atoms with Gasteiger partial charge in [0.1, 0.15) is 5.82 Å². The van der Waals surface area contributed by atoms with Crippen molar-refractivity contribution in [2.75, 3.05) is 19.6 Å². The van der Waals surface area contributed by atoms with Crippen molar-refractivity contribution >= 4 is 5.91 Å². The van der Waals surface area contributed by atoms with Gasteiger partial charge in [0.15, 0.2) is 0 Å². The molecule has 1 aliphatic carbocycles. The van der Waals surface area contributed by atoms with E-state index in [0.29, 0.717) is 24.8 Å². The first-order valence-electron chi connectivity index (χ1n) is 9.20. The number of carbonyl (C=O) groups is 1. The Morgan fingerprint density at radius 2 is 2.12 bits per heavy atom. The Labute approximate surface area is 143 Å². The van der Waals surface area contributed by atoms with Crippen LogP contribution in [0.25, 0.3) is 0 Å². The van der Waals surface area contributed by atoms with Crippen LogP contribution in [0.15, 0.2) is 10.9 Å². The fraction of sp³-hybridized carbons (Fsp3) is 0.722. The monoisotopic (exact) mass is 332 g/mol. The van der Waals surface area contributed by atoms with Crippen molar-refractivity contribution in [1.82, 2.24) is 20.2 Å². The lowest BCUT2D eigenvalue weighted by Gasteiger charge is -2.36. The second-order valence-electron chi connectivity index (χ2n) is 7.14. The number of hydrogen-bond acceptors (Lipinski definition) is 4. The molecule has 0 spiro atoms. The van der Waals surface area contributed by atoms with Crippen molar-refractivity contribution in [1.29, 1.82) is 0 Å². The molecule has 132 valence electrons. The normalized spacial score (nSPS) is 22.6. The largest absolute Gasteiger partial charge is 0.355 e. The molecule has 3 rings (SSSR count). The van der Waals surface area contributed by atoms with Crippen LogP contribution in [0.3, 0.4) is 0 Å². The van der Waals surface area contributed by atoms with Gasteiger partial charge in [-0.1, -0.05) is 12.8 Å². The van der Waals surface area contributed by atoms with Gasteiger partial charge in [0.2, 0.25) is 5.91 Å². The molecule has 1 saturated heterocycles. The number of rotatable bonds is 5. The zero-order valence-electron chi connectivity index (χ0n) is 14.5. The summed E-state index contributed by atoms with van der Waals surface area (Å²) in [5.74, 6) is 0.871. The average molecular weight is 332 g/mol. The number of aromatic amines is 1. The van der Waals surface area contributed by atoms with Gasteiger partial charge in [0, 0.05) is 37.3 Å². The number of nitrogens with zero attached hydrogens (tertiary/aromatic N) is 2. The summed E-state index contributed by atoms with van der Waals surface area (Å²) in [5, 5.41) is 3.03.